The van der Waals surface area contributed by atoms with Gasteiger partial charge in [0.25, 0.3) is 5.56 Å². The van der Waals surface area contributed by atoms with Crippen LogP contribution in [0.1, 0.15) is 24.0 Å². The predicted octanol–water partition coefficient (Wildman–Crippen LogP) is 0.408. The van der Waals surface area contributed by atoms with E-state index in [0.29, 0.717) is 5.56 Å². The lowest BCUT2D eigenvalue weighted by Crippen LogP contribution is -2.43. The van der Waals surface area contributed by atoms with E-state index in [1.165, 1.54) is 18.7 Å². The van der Waals surface area contributed by atoms with Crippen LogP contribution >= 0.6 is 0 Å². The van der Waals surface area contributed by atoms with E-state index < -0.39 is 23.1 Å². The number of hydrogen-bond acceptors (Lipinski definition) is 7. The number of anilines is 1. The molecule has 1 atom stereocenters. The Labute approximate surface area is 167 Å². The van der Waals surface area contributed by atoms with Crippen molar-refractivity contribution in [1.29, 1.82) is 0 Å². The average Bonchev–Trinajstić information content (AvgIpc) is 2.69. The molecule has 1 aliphatic rings. The maximum absolute atomic E-state index is 13.0. The topological polar surface area (TPSA) is 109 Å². The minimum absolute atomic E-state index is 0.0188. The summed E-state index contributed by atoms with van der Waals surface area (Å²) in [4.78, 5) is 40.0. The third-order valence-electron chi connectivity index (χ3n) is 4.93. The first-order chi connectivity index (χ1) is 13.7. The van der Waals surface area contributed by atoms with Crippen molar-refractivity contribution in [2.45, 2.75) is 12.8 Å². The van der Waals surface area contributed by atoms with Gasteiger partial charge in [0.1, 0.15) is 5.57 Å². The molecule has 1 aromatic carbocycles. The number of nitrogens with two attached hydrogens (primary N) is 1. The number of ether oxygens (including phenoxy) is 2. The molecule has 0 radical (unpaired) electrons. The van der Waals surface area contributed by atoms with Crippen LogP contribution in [0.4, 0.5) is 5.69 Å². The average molecular weight is 400 g/mol. The van der Waals surface area contributed by atoms with Crippen LogP contribution < -0.4 is 26.6 Å². The molecule has 0 saturated heterocycles. The first kappa shape index (κ1) is 20.2. The molecule has 9 heteroatoms. The molecule has 0 fully saturated rings. The van der Waals surface area contributed by atoms with Crippen LogP contribution in [0.2, 0.25) is 0 Å². The first-order valence-electron chi connectivity index (χ1n) is 9.10. The van der Waals surface area contributed by atoms with Crippen LogP contribution in [0.5, 0.6) is 5.88 Å². The molecular weight excluding hydrogens is 376 g/mol. The summed E-state index contributed by atoms with van der Waals surface area (Å²) >= 11 is 0. The number of esters is 1. The van der Waals surface area contributed by atoms with Crippen LogP contribution in [0, 0.1) is 0 Å². The molecule has 2 N–H and O–H groups in total. The van der Waals surface area contributed by atoms with E-state index >= 15 is 0 Å². The van der Waals surface area contributed by atoms with Gasteiger partial charge in [-0.3, -0.25) is 13.9 Å². The van der Waals surface area contributed by atoms with Gasteiger partial charge in [-0.25, -0.2) is 9.59 Å². The Hall–Kier alpha value is -3.49. The van der Waals surface area contributed by atoms with E-state index in [1.54, 1.807) is 6.92 Å². The number of rotatable bonds is 4. The molecule has 2 aromatic rings. The molecule has 0 bridgehead atoms. The lowest BCUT2D eigenvalue weighted by molar-refractivity contribution is -0.139. The van der Waals surface area contributed by atoms with Crippen LogP contribution in [0.15, 0.2) is 45.3 Å². The normalized spacial score (nSPS) is 15.6. The van der Waals surface area contributed by atoms with Gasteiger partial charge >= 0.3 is 11.7 Å². The number of aromatic nitrogens is 2. The lowest BCUT2D eigenvalue weighted by atomic mass is 9.84. The van der Waals surface area contributed by atoms with E-state index in [0.717, 1.165) is 10.3 Å². The van der Waals surface area contributed by atoms with E-state index in [9.17, 15) is 14.4 Å². The summed E-state index contributed by atoms with van der Waals surface area (Å²) in [6, 6.07) is 7.37. The first-order valence-corrected chi connectivity index (χ1v) is 9.10. The second-order valence-corrected chi connectivity index (χ2v) is 6.94. The van der Waals surface area contributed by atoms with Gasteiger partial charge in [-0.05, 0) is 24.6 Å². The van der Waals surface area contributed by atoms with Crippen LogP contribution in [-0.4, -0.2) is 35.8 Å². The molecule has 9 nitrogen and oxygen atoms in total. The zero-order valence-electron chi connectivity index (χ0n) is 17.1. The molecule has 1 aromatic heterocycles. The maximum atomic E-state index is 13.0. The maximum Gasteiger partial charge on any atom is 0.340 e. The Bertz CT molecular complexity index is 1110. The van der Waals surface area contributed by atoms with Gasteiger partial charge in [-0.1, -0.05) is 12.1 Å². The van der Waals surface area contributed by atoms with Crippen LogP contribution in [-0.2, 0) is 23.6 Å². The van der Waals surface area contributed by atoms with Crippen molar-refractivity contribution in [2.75, 3.05) is 25.6 Å². The summed E-state index contributed by atoms with van der Waals surface area (Å²) in [5.74, 6) is -1.68. The van der Waals surface area contributed by atoms with Crippen molar-refractivity contribution in [2.24, 2.45) is 19.8 Å². The van der Waals surface area contributed by atoms with E-state index in [-0.39, 0.29) is 29.5 Å². The quantitative estimate of drug-likeness (QED) is 0.741. The fourth-order valence-corrected chi connectivity index (χ4v) is 3.39. The second kappa shape index (κ2) is 7.50. The minimum atomic E-state index is -0.834. The van der Waals surface area contributed by atoms with E-state index in [1.807, 2.05) is 43.3 Å². The number of benzene rings is 1. The van der Waals surface area contributed by atoms with Crippen molar-refractivity contribution in [3.8, 4) is 5.88 Å². The molecule has 0 spiro atoms. The van der Waals surface area contributed by atoms with Crippen molar-refractivity contribution in [3.05, 3.63) is 67.7 Å². The van der Waals surface area contributed by atoms with Gasteiger partial charge in [0, 0.05) is 33.9 Å². The highest BCUT2D eigenvalue weighted by atomic mass is 16.5. The number of carbonyl (C=O) groups excluding carboxylic acids is 1. The smallest absolute Gasteiger partial charge is 0.340 e. The van der Waals surface area contributed by atoms with Gasteiger partial charge in [-0.15, -0.1) is 0 Å². The number of fused-ring (bicyclic) bond motifs is 1. The van der Waals surface area contributed by atoms with Crippen molar-refractivity contribution >= 4 is 11.7 Å². The Kier molecular flexibility index (Phi) is 5.23. The fraction of sp³-hybridized carbons (Fsp3) is 0.350. The number of carbonyl (C=O) groups is 1. The monoisotopic (exact) mass is 400 g/mol. The molecule has 0 amide bonds. The summed E-state index contributed by atoms with van der Waals surface area (Å²) < 4.78 is 12.9. The molecule has 0 aliphatic carbocycles. The molecule has 1 aliphatic heterocycles. The Balaban J connectivity index is 2.33. The third-order valence-corrected chi connectivity index (χ3v) is 4.93. The number of nitrogens with zero attached hydrogens (tertiary/aromatic N) is 3. The summed E-state index contributed by atoms with van der Waals surface area (Å²) in [6.07, 6.45) is 0. The van der Waals surface area contributed by atoms with Gasteiger partial charge in [0.2, 0.25) is 11.8 Å². The summed E-state index contributed by atoms with van der Waals surface area (Å²) in [7, 11) is 6.68. The Morgan fingerprint density at radius 1 is 1.17 bits per heavy atom. The Morgan fingerprint density at radius 3 is 2.34 bits per heavy atom. The van der Waals surface area contributed by atoms with Crippen molar-refractivity contribution in [3.63, 3.8) is 0 Å². The zero-order valence-corrected chi connectivity index (χ0v) is 17.1. The second-order valence-electron chi connectivity index (χ2n) is 6.94. The van der Waals surface area contributed by atoms with Crippen LogP contribution in [0.25, 0.3) is 0 Å². The molecule has 3 rings (SSSR count). The Morgan fingerprint density at radius 2 is 1.79 bits per heavy atom. The molecule has 0 unspecified atom stereocenters. The predicted molar refractivity (Wildman–Crippen MR) is 108 cm³/mol. The van der Waals surface area contributed by atoms with Crippen LogP contribution in [0.3, 0.4) is 0 Å². The number of hydrogen-bond donors (Lipinski definition) is 1. The zero-order chi connectivity index (χ0) is 21.5. The summed E-state index contributed by atoms with van der Waals surface area (Å²) in [6.45, 7) is 1.82. The van der Waals surface area contributed by atoms with Crippen molar-refractivity contribution < 1.29 is 14.3 Å². The van der Waals surface area contributed by atoms with Crippen molar-refractivity contribution in [1.82, 2.24) is 9.13 Å². The lowest BCUT2D eigenvalue weighted by Gasteiger charge is -2.29. The minimum Gasteiger partial charge on any atom is -0.462 e. The van der Waals surface area contributed by atoms with E-state index in [2.05, 4.69) is 0 Å². The fourth-order valence-electron chi connectivity index (χ4n) is 3.39. The molecule has 2 heterocycles. The third kappa shape index (κ3) is 3.28. The SMILES string of the molecule is CCOC(=O)C1=C(N)Oc2c(c(=O)n(C)c(=O)n2C)[C@@H]1c1ccc(N(C)C)cc1. The summed E-state index contributed by atoms with van der Waals surface area (Å²) in [5.41, 5.74) is 6.75. The standard InChI is InChI=1S/C20H24N4O5/c1-6-28-19(26)14-13(11-7-9-12(10-8-11)22(2)3)15-17(25)23(4)20(27)24(5)18(15)29-16(14)21/h7-10,13H,6,21H2,1-5H3/t13-/m1/s1. The highest BCUT2D eigenvalue weighted by Gasteiger charge is 2.39. The largest absolute Gasteiger partial charge is 0.462 e. The van der Waals surface area contributed by atoms with E-state index in [4.69, 9.17) is 15.2 Å². The molecule has 154 valence electrons. The van der Waals surface area contributed by atoms with Gasteiger partial charge < -0.3 is 20.1 Å². The highest BCUT2D eigenvalue weighted by molar-refractivity contribution is 5.92. The molecule has 29 heavy (non-hydrogen) atoms. The highest BCUT2D eigenvalue weighted by Crippen LogP contribution is 2.40. The van der Waals surface area contributed by atoms with Gasteiger partial charge in [0.05, 0.1) is 18.1 Å². The molecular formula is C20H24N4O5. The summed E-state index contributed by atoms with van der Waals surface area (Å²) in [5, 5.41) is 0. The van der Waals surface area contributed by atoms with Gasteiger partial charge in [-0.2, -0.15) is 0 Å². The molecule has 0 saturated carbocycles. The van der Waals surface area contributed by atoms with Gasteiger partial charge in [0.15, 0.2) is 0 Å².